The summed E-state index contributed by atoms with van der Waals surface area (Å²) in [6.45, 7) is 2.64. The predicted molar refractivity (Wildman–Crippen MR) is 47.9 cm³/mol. The van der Waals surface area contributed by atoms with E-state index in [9.17, 15) is 4.79 Å². The van der Waals surface area contributed by atoms with Crippen LogP contribution in [0, 0.1) is 0 Å². The lowest BCUT2D eigenvalue weighted by atomic mass is 10.3. The molecule has 0 saturated heterocycles. The van der Waals surface area contributed by atoms with Gasteiger partial charge >= 0.3 is 0 Å². The molecule has 0 spiro atoms. The van der Waals surface area contributed by atoms with E-state index in [1.54, 1.807) is 14.0 Å². The van der Waals surface area contributed by atoms with Crippen LogP contribution in [-0.2, 0) is 4.79 Å². The van der Waals surface area contributed by atoms with Crippen LogP contribution in [0.25, 0.3) is 0 Å². The number of amides is 1. The van der Waals surface area contributed by atoms with Crippen molar-refractivity contribution in [1.29, 1.82) is 0 Å². The average molecular weight is 174 g/mol. The Morgan fingerprint density at radius 1 is 1.50 bits per heavy atom. The van der Waals surface area contributed by atoms with E-state index in [1.807, 2.05) is 0 Å². The Morgan fingerprint density at radius 3 is 2.67 bits per heavy atom. The van der Waals surface area contributed by atoms with Gasteiger partial charge in [-0.1, -0.05) is 0 Å². The Balaban J connectivity index is 3.31. The van der Waals surface area contributed by atoms with Crippen molar-refractivity contribution in [1.82, 2.24) is 10.6 Å². The van der Waals surface area contributed by atoms with E-state index >= 15 is 0 Å². The van der Waals surface area contributed by atoms with Crippen LogP contribution in [0.5, 0.6) is 0 Å². The zero-order valence-electron chi connectivity index (χ0n) is 7.76. The fourth-order valence-electron chi connectivity index (χ4n) is 0.733. The van der Waals surface area contributed by atoms with Crippen molar-refractivity contribution >= 4 is 5.91 Å². The summed E-state index contributed by atoms with van der Waals surface area (Å²) in [6, 6.07) is -0.140. The summed E-state index contributed by atoms with van der Waals surface area (Å²) in [4.78, 5) is 11.1. The van der Waals surface area contributed by atoms with Crippen LogP contribution < -0.4 is 10.6 Å². The number of carbonyl (C=O) groups excluding carboxylic acids is 1. The maximum Gasteiger partial charge on any atom is 0.236 e. The minimum atomic E-state index is -0.140. The molecule has 4 heteroatoms. The maximum absolute atomic E-state index is 11.1. The lowest BCUT2D eigenvalue weighted by molar-refractivity contribution is -0.122. The highest BCUT2D eigenvalue weighted by Gasteiger charge is 2.07. The minimum absolute atomic E-state index is 0.00967. The van der Waals surface area contributed by atoms with Gasteiger partial charge in [0.15, 0.2) is 0 Å². The Kier molecular flexibility index (Phi) is 6.70. The molecule has 0 heterocycles. The van der Waals surface area contributed by atoms with Crippen LogP contribution in [0.2, 0.25) is 0 Å². The van der Waals surface area contributed by atoms with Crippen LogP contribution in [0.4, 0.5) is 0 Å². The third-order valence-corrected chi connectivity index (χ3v) is 1.71. The smallest absolute Gasteiger partial charge is 0.236 e. The topological polar surface area (TPSA) is 61.4 Å². The lowest BCUT2D eigenvalue weighted by Gasteiger charge is -2.10. The minimum Gasteiger partial charge on any atom is -0.396 e. The molecule has 0 aliphatic heterocycles. The maximum atomic E-state index is 11.1. The van der Waals surface area contributed by atoms with Gasteiger partial charge in [-0.25, -0.2) is 0 Å². The summed E-state index contributed by atoms with van der Waals surface area (Å²) in [6.07, 6.45) is 1.58. The average Bonchev–Trinajstić information content (AvgIpc) is 2.10. The summed E-state index contributed by atoms with van der Waals surface area (Å²) in [7, 11) is 1.75. The summed E-state index contributed by atoms with van der Waals surface area (Å²) >= 11 is 0. The standard InChI is InChI=1S/C8H18N2O2/c1-7(9-2)8(12)10-5-3-4-6-11/h7,9,11H,3-6H2,1-2H3,(H,10,12). The monoisotopic (exact) mass is 174 g/mol. The van der Waals surface area contributed by atoms with Gasteiger partial charge in [0.1, 0.15) is 0 Å². The van der Waals surface area contributed by atoms with Crippen molar-refractivity contribution < 1.29 is 9.90 Å². The first kappa shape index (κ1) is 11.4. The number of aliphatic hydroxyl groups excluding tert-OH is 1. The molecule has 0 aliphatic rings. The first-order chi connectivity index (χ1) is 5.72. The molecule has 0 radical (unpaired) electrons. The summed E-state index contributed by atoms with van der Waals surface area (Å²) in [5.74, 6) is 0.00967. The quantitative estimate of drug-likeness (QED) is 0.475. The lowest BCUT2D eigenvalue weighted by Crippen LogP contribution is -2.40. The van der Waals surface area contributed by atoms with Crippen molar-refractivity contribution in [3.05, 3.63) is 0 Å². The summed E-state index contributed by atoms with van der Waals surface area (Å²) in [5.41, 5.74) is 0. The molecule has 0 aromatic rings. The van der Waals surface area contributed by atoms with Crippen LogP contribution in [0.3, 0.4) is 0 Å². The molecule has 0 rings (SSSR count). The van der Waals surface area contributed by atoms with Crippen molar-refractivity contribution in [2.75, 3.05) is 20.2 Å². The fourth-order valence-corrected chi connectivity index (χ4v) is 0.733. The Morgan fingerprint density at radius 2 is 2.17 bits per heavy atom. The van der Waals surface area contributed by atoms with Gasteiger partial charge in [0.2, 0.25) is 5.91 Å². The second-order valence-corrected chi connectivity index (χ2v) is 2.73. The molecule has 12 heavy (non-hydrogen) atoms. The number of hydrogen-bond donors (Lipinski definition) is 3. The molecular weight excluding hydrogens is 156 g/mol. The van der Waals surface area contributed by atoms with Crippen molar-refractivity contribution in [2.45, 2.75) is 25.8 Å². The molecule has 3 N–H and O–H groups in total. The van der Waals surface area contributed by atoms with E-state index in [0.29, 0.717) is 6.54 Å². The second kappa shape index (κ2) is 7.06. The number of nitrogens with one attached hydrogen (secondary N) is 2. The third-order valence-electron chi connectivity index (χ3n) is 1.71. The van der Waals surface area contributed by atoms with Gasteiger partial charge in [-0.15, -0.1) is 0 Å². The van der Waals surface area contributed by atoms with E-state index in [1.165, 1.54) is 0 Å². The number of rotatable bonds is 6. The van der Waals surface area contributed by atoms with Crippen molar-refractivity contribution in [3.8, 4) is 0 Å². The van der Waals surface area contributed by atoms with Crippen LogP contribution >= 0.6 is 0 Å². The Bertz CT molecular complexity index is 128. The number of likely N-dealkylation sites (N-methyl/N-ethyl adjacent to an activating group) is 1. The number of hydrogen-bond acceptors (Lipinski definition) is 3. The van der Waals surface area contributed by atoms with Crippen molar-refractivity contribution in [2.24, 2.45) is 0 Å². The van der Waals surface area contributed by atoms with Gasteiger partial charge < -0.3 is 15.7 Å². The zero-order valence-corrected chi connectivity index (χ0v) is 7.76. The molecule has 0 aromatic heterocycles. The molecular formula is C8H18N2O2. The zero-order chi connectivity index (χ0) is 9.40. The van der Waals surface area contributed by atoms with Gasteiger partial charge in [0.05, 0.1) is 6.04 Å². The molecule has 0 aromatic carbocycles. The molecule has 1 atom stereocenters. The second-order valence-electron chi connectivity index (χ2n) is 2.73. The summed E-state index contributed by atoms with van der Waals surface area (Å²) in [5, 5.41) is 14.1. The molecule has 1 amide bonds. The Labute approximate surface area is 73.3 Å². The first-order valence-corrected chi connectivity index (χ1v) is 4.28. The van der Waals surface area contributed by atoms with E-state index < -0.39 is 0 Å². The van der Waals surface area contributed by atoms with Gasteiger partial charge in [-0.3, -0.25) is 4.79 Å². The molecule has 0 bridgehead atoms. The van der Waals surface area contributed by atoms with E-state index in [-0.39, 0.29) is 18.6 Å². The highest BCUT2D eigenvalue weighted by Crippen LogP contribution is 1.85. The Hall–Kier alpha value is -0.610. The van der Waals surface area contributed by atoms with E-state index in [4.69, 9.17) is 5.11 Å². The molecule has 4 nitrogen and oxygen atoms in total. The highest BCUT2D eigenvalue weighted by atomic mass is 16.2. The van der Waals surface area contributed by atoms with Gasteiger partial charge in [0, 0.05) is 13.2 Å². The number of unbranched alkanes of at least 4 members (excludes halogenated alkanes) is 1. The molecule has 0 aliphatic carbocycles. The van der Waals surface area contributed by atoms with E-state index in [0.717, 1.165) is 12.8 Å². The van der Waals surface area contributed by atoms with Gasteiger partial charge in [-0.05, 0) is 26.8 Å². The highest BCUT2D eigenvalue weighted by molar-refractivity contribution is 5.81. The van der Waals surface area contributed by atoms with Gasteiger partial charge in [-0.2, -0.15) is 0 Å². The number of carbonyl (C=O) groups is 1. The largest absolute Gasteiger partial charge is 0.396 e. The molecule has 0 saturated carbocycles. The predicted octanol–water partition coefficient (Wildman–Crippen LogP) is -0.517. The normalized spacial score (nSPS) is 12.6. The first-order valence-electron chi connectivity index (χ1n) is 4.28. The molecule has 1 unspecified atom stereocenters. The van der Waals surface area contributed by atoms with Crippen LogP contribution in [0.1, 0.15) is 19.8 Å². The number of aliphatic hydroxyl groups is 1. The fraction of sp³-hybridized carbons (Fsp3) is 0.875. The summed E-state index contributed by atoms with van der Waals surface area (Å²) < 4.78 is 0. The molecule has 72 valence electrons. The molecule has 0 fully saturated rings. The SMILES string of the molecule is CNC(C)C(=O)NCCCCO. The van der Waals surface area contributed by atoms with E-state index in [2.05, 4.69) is 10.6 Å². The third kappa shape index (κ3) is 5.09. The van der Waals surface area contributed by atoms with Gasteiger partial charge in [0.25, 0.3) is 0 Å². The van der Waals surface area contributed by atoms with Crippen molar-refractivity contribution in [3.63, 3.8) is 0 Å². The van der Waals surface area contributed by atoms with Crippen LogP contribution in [0.15, 0.2) is 0 Å². The van der Waals surface area contributed by atoms with Crippen LogP contribution in [-0.4, -0.2) is 37.3 Å².